The summed E-state index contributed by atoms with van der Waals surface area (Å²) in [4.78, 5) is 25.8. The number of amides is 1. The van der Waals surface area contributed by atoms with Crippen LogP contribution in [0, 0.1) is 5.92 Å². The Labute approximate surface area is 125 Å². The van der Waals surface area contributed by atoms with E-state index < -0.39 is 29.9 Å². The van der Waals surface area contributed by atoms with Crippen LogP contribution in [0.4, 0.5) is 4.79 Å². The Balaban J connectivity index is 3.10. The number of aliphatic hydroxyl groups is 1. The largest absolute Gasteiger partial charge is 0.444 e. The van der Waals surface area contributed by atoms with Crippen LogP contribution < -0.4 is 0 Å². The Bertz CT molecular complexity index is 413. The molecule has 0 radical (unpaired) electrons. The van der Waals surface area contributed by atoms with Crippen LogP contribution in [-0.2, 0) is 14.3 Å². The lowest BCUT2D eigenvalue weighted by Gasteiger charge is -2.40. The van der Waals surface area contributed by atoms with Gasteiger partial charge in [0.05, 0.1) is 0 Å². The molecular weight excluding hydrogens is 274 g/mol. The SMILES string of the molecule is CCOC1C=CC(=O)[C@H]([C@H](C)CO)N1C(=O)OC(C)(C)C. The van der Waals surface area contributed by atoms with Crippen molar-refractivity contribution in [2.75, 3.05) is 13.2 Å². The molecule has 0 saturated carbocycles. The molecule has 6 heteroatoms. The highest BCUT2D eigenvalue weighted by Gasteiger charge is 2.41. The lowest BCUT2D eigenvalue weighted by atomic mass is 9.94. The summed E-state index contributed by atoms with van der Waals surface area (Å²) in [6, 6.07) is -0.786. The van der Waals surface area contributed by atoms with E-state index in [1.54, 1.807) is 27.7 Å². The first kappa shape index (κ1) is 17.7. The van der Waals surface area contributed by atoms with Crippen molar-refractivity contribution in [1.29, 1.82) is 0 Å². The van der Waals surface area contributed by atoms with Crippen molar-refractivity contribution in [1.82, 2.24) is 4.90 Å². The molecule has 1 aliphatic heterocycles. The first-order valence-electron chi connectivity index (χ1n) is 7.17. The molecule has 3 atom stereocenters. The van der Waals surface area contributed by atoms with Crippen LogP contribution in [0.15, 0.2) is 12.2 Å². The van der Waals surface area contributed by atoms with E-state index in [1.807, 2.05) is 6.92 Å². The summed E-state index contributed by atoms with van der Waals surface area (Å²) in [5.41, 5.74) is -0.676. The van der Waals surface area contributed by atoms with E-state index in [4.69, 9.17) is 9.47 Å². The van der Waals surface area contributed by atoms with E-state index >= 15 is 0 Å². The number of carbonyl (C=O) groups excluding carboxylic acids is 2. The summed E-state index contributed by atoms with van der Waals surface area (Å²) in [6.45, 7) is 8.97. The van der Waals surface area contributed by atoms with Gasteiger partial charge in [0.2, 0.25) is 0 Å². The topological polar surface area (TPSA) is 76.1 Å². The van der Waals surface area contributed by atoms with Crippen molar-refractivity contribution in [2.45, 2.75) is 52.5 Å². The average Bonchev–Trinajstić information content (AvgIpc) is 2.37. The van der Waals surface area contributed by atoms with Crippen molar-refractivity contribution in [3.8, 4) is 0 Å². The van der Waals surface area contributed by atoms with Crippen LogP contribution in [0.25, 0.3) is 0 Å². The second-order valence-corrected chi connectivity index (χ2v) is 6.10. The van der Waals surface area contributed by atoms with Crippen molar-refractivity contribution >= 4 is 11.9 Å². The third-order valence-electron chi connectivity index (χ3n) is 3.06. The normalized spacial score (nSPS) is 24.1. The maximum atomic E-state index is 12.4. The van der Waals surface area contributed by atoms with E-state index in [0.717, 1.165) is 0 Å². The van der Waals surface area contributed by atoms with E-state index in [2.05, 4.69) is 0 Å². The first-order chi connectivity index (χ1) is 9.71. The van der Waals surface area contributed by atoms with Gasteiger partial charge in [-0.15, -0.1) is 0 Å². The first-order valence-corrected chi connectivity index (χ1v) is 7.17. The molecule has 0 fully saturated rings. The predicted octanol–water partition coefficient (Wildman–Crippen LogP) is 1.72. The molecule has 0 bridgehead atoms. The second kappa shape index (κ2) is 7.04. The monoisotopic (exact) mass is 299 g/mol. The zero-order valence-electron chi connectivity index (χ0n) is 13.3. The van der Waals surface area contributed by atoms with Gasteiger partial charge in [-0.1, -0.05) is 6.92 Å². The molecule has 1 aliphatic rings. The standard InChI is InChI=1S/C15H25NO5/c1-6-20-12-8-7-11(18)13(10(2)9-17)16(12)14(19)21-15(3,4)5/h7-8,10,12-13,17H,6,9H2,1-5H3/t10-,12?,13+/m1/s1. The third-order valence-corrected chi connectivity index (χ3v) is 3.06. The number of rotatable bonds is 4. The number of ketones is 1. The van der Waals surface area contributed by atoms with Gasteiger partial charge in [-0.05, 0) is 39.8 Å². The Kier molecular flexibility index (Phi) is 5.92. The van der Waals surface area contributed by atoms with Crippen molar-refractivity contribution in [3.63, 3.8) is 0 Å². The molecule has 0 spiro atoms. The zero-order valence-corrected chi connectivity index (χ0v) is 13.3. The van der Waals surface area contributed by atoms with Gasteiger partial charge in [0.25, 0.3) is 0 Å². The fourth-order valence-corrected chi connectivity index (χ4v) is 2.16. The Morgan fingerprint density at radius 2 is 2.10 bits per heavy atom. The summed E-state index contributed by atoms with van der Waals surface area (Å²) in [5.74, 6) is -0.642. The maximum absolute atomic E-state index is 12.4. The van der Waals surface area contributed by atoms with Gasteiger partial charge in [0.15, 0.2) is 12.0 Å². The molecule has 1 N–H and O–H groups in total. The van der Waals surface area contributed by atoms with Crippen LogP contribution in [0.5, 0.6) is 0 Å². The van der Waals surface area contributed by atoms with Crippen LogP contribution in [-0.4, -0.2) is 53.0 Å². The summed E-state index contributed by atoms with van der Waals surface area (Å²) < 4.78 is 10.9. The number of nitrogens with zero attached hydrogens (tertiary/aromatic N) is 1. The molecule has 0 aromatic heterocycles. The number of carbonyl (C=O) groups is 2. The fraction of sp³-hybridized carbons (Fsp3) is 0.733. The van der Waals surface area contributed by atoms with E-state index in [-0.39, 0.29) is 12.4 Å². The van der Waals surface area contributed by atoms with Crippen molar-refractivity contribution in [2.24, 2.45) is 5.92 Å². The minimum Gasteiger partial charge on any atom is -0.444 e. The van der Waals surface area contributed by atoms with Crippen LogP contribution in [0.1, 0.15) is 34.6 Å². The van der Waals surface area contributed by atoms with Gasteiger partial charge in [-0.25, -0.2) is 4.79 Å². The highest BCUT2D eigenvalue weighted by Crippen LogP contribution is 2.24. The highest BCUT2D eigenvalue weighted by molar-refractivity contribution is 5.97. The molecule has 0 saturated heterocycles. The molecule has 1 rings (SSSR count). The summed E-state index contributed by atoms with van der Waals surface area (Å²) >= 11 is 0. The summed E-state index contributed by atoms with van der Waals surface area (Å²) in [7, 11) is 0. The minimum absolute atomic E-state index is 0.206. The summed E-state index contributed by atoms with van der Waals surface area (Å²) in [6.07, 6.45) is 1.65. The Morgan fingerprint density at radius 1 is 1.48 bits per heavy atom. The average molecular weight is 299 g/mol. The number of hydrogen-bond donors (Lipinski definition) is 1. The quantitative estimate of drug-likeness (QED) is 0.855. The number of ether oxygens (including phenoxy) is 2. The molecule has 0 aromatic rings. The van der Waals surface area contributed by atoms with Crippen molar-refractivity contribution < 1.29 is 24.2 Å². The molecule has 1 amide bonds. The Hall–Kier alpha value is -1.40. The van der Waals surface area contributed by atoms with E-state index in [9.17, 15) is 14.7 Å². The van der Waals surface area contributed by atoms with Gasteiger partial charge < -0.3 is 14.6 Å². The Morgan fingerprint density at radius 3 is 2.57 bits per heavy atom. The smallest absolute Gasteiger partial charge is 0.413 e. The van der Waals surface area contributed by atoms with Gasteiger partial charge in [0, 0.05) is 19.1 Å². The van der Waals surface area contributed by atoms with Gasteiger partial charge >= 0.3 is 6.09 Å². The summed E-state index contributed by atoms with van der Waals surface area (Å²) in [5, 5.41) is 9.36. The van der Waals surface area contributed by atoms with Gasteiger partial charge in [-0.2, -0.15) is 0 Å². The fourth-order valence-electron chi connectivity index (χ4n) is 2.16. The molecule has 1 heterocycles. The second-order valence-electron chi connectivity index (χ2n) is 6.10. The van der Waals surface area contributed by atoms with Crippen LogP contribution in [0.2, 0.25) is 0 Å². The number of hydrogen-bond acceptors (Lipinski definition) is 5. The number of aliphatic hydroxyl groups excluding tert-OH is 1. The lowest BCUT2D eigenvalue weighted by Crippen LogP contribution is -2.57. The predicted molar refractivity (Wildman–Crippen MR) is 77.7 cm³/mol. The highest BCUT2D eigenvalue weighted by atomic mass is 16.6. The van der Waals surface area contributed by atoms with E-state index in [1.165, 1.54) is 17.1 Å². The van der Waals surface area contributed by atoms with Crippen LogP contribution in [0.3, 0.4) is 0 Å². The zero-order chi connectivity index (χ0) is 16.2. The van der Waals surface area contributed by atoms with Crippen molar-refractivity contribution in [3.05, 3.63) is 12.2 Å². The molecule has 120 valence electrons. The third kappa shape index (κ3) is 4.54. The molecule has 0 aliphatic carbocycles. The van der Waals surface area contributed by atoms with Crippen LogP contribution >= 0.6 is 0 Å². The van der Waals surface area contributed by atoms with Gasteiger partial charge in [-0.3, -0.25) is 9.69 Å². The lowest BCUT2D eigenvalue weighted by molar-refractivity contribution is -0.131. The molecular formula is C15H25NO5. The molecule has 0 aromatic carbocycles. The molecule has 6 nitrogen and oxygen atoms in total. The molecule has 1 unspecified atom stereocenters. The molecule has 21 heavy (non-hydrogen) atoms. The van der Waals surface area contributed by atoms with Gasteiger partial charge in [0.1, 0.15) is 11.6 Å². The minimum atomic E-state index is -0.786. The van der Waals surface area contributed by atoms with E-state index in [0.29, 0.717) is 6.61 Å². The maximum Gasteiger partial charge on any atom is 0.413 e.